The number of nitrogens with zero attached hydrogens (tertiary/aromatic N) is 3. The molecular weight excluding hydrogens is 260 g/mol. The minimum atomic E-state index is -0.588. The summed E-state index contributed by atoms with van der Waals surface area (Å²) < 4.78 is 5.23. The van der Waals surface area contributed by atoms with Crippen molar-refractivity contribution in [3.8, 4) is 11.4 Å². The maximum absolute atomic E-state index is 11.0. The number of nitro benzene ring substituents is 1. The molecule has 1 fully saturated rings. The fourth-order valence-electron chi connectivity index (χ4n) is 2.58. The van der Waals surface area contributed by atoms with E-state index in [2.05, 4.69) is 10.1 Å². The van der Waals surface area contributed by atoms with Crippen LogP contribution in [0.1, 0.15) is 31.6 Å². The van der Waals surface area contributed by atoms with Crippen LogP contribution in [-0.2, 0) is 5.54 Å². The summed E-state index contributed by atoms with van der Waals surface area (Å²) in [5.74, 6) is 0.576. The van der Waals surface area contributed by atoms with E-state index in [1.807, 2.05) is 0 Å². The zero-order valence-electron chi connectivity index (χ0n) is 10.8. The first-order valence-corrected chi connectivity index (χ1v) is 6.47. The van der Waals surface area contributed by atoms with E-state index < -0.39 is 10.5 Å². The summed E-state index contributed by atoms with van der Waals surface area (Å²) in [7, 11) is 0. The summed E-state index contributed by atoms with van der Waals surface area (Å²) in [6.45, 7) is 0. The number of para-hydroxylation sites is 1. The normalized spacial score (nSPS) is 17.2. The van der Waals surface area contributed by atoms with Crippen LogP contribution >= 0.6 is 0 Å². The second-order valence-corrected chi connectivity index (χ2v) is 5.06. The Labute approximate surface area is 114 Å². The molecule has 1 aromatic carbocycles. The average molecular weight is 274 g/mol. The van der Waals surface area contributed by atoms with E-state index in [0.717, 1.165) is 25.7 Å². The van der Waals surface area contributed by atoms with Gasteiger partial charge in [-0.3, -0.25) is 10.1 Å². The summed E-state index contributed by atoms with van der Waals surface area (Å²) >= 11 is 0. The van der Waals surface area contributed by atoms with Crippen LogP contribution in [0, 0.1) is 10.1 Å². The van der Waals surface area contributed by atoms with E-state index in [9.17, 15) is 10.1 Å². The predicted octanol–water partition coefficient (Wildman–Crippen LogP) is 2.37. The molecule has 1 aliphatic carbocycles. The van der Waals surface area contributed by atoms with Crippen LogP contribution in [0.25, 0.3) is 11.4 Å². The molecule has 0 amide bonds. The van der Waals surface area contributed by atoms with Gasteiger partial charge in [-0.05, 0) is 18.9 Å². The van der Waals surface area contributed by atoms with Crippen LogP contribution in [0.4, 0.5) is 5.69 Å². The molecule has 2 N–H and O–H groups in total. The largest absolute Gasteiger partial charge is 0.337 e. The summed E-state index contributed by atoms with van der Waals surface area (Å²) in [6.07, 6.45) is 3.65. The van der Waals surface area contributed by atoms with Gasteiger partial charge in [0.05, 0.1) is 10.5 Å². The molecule has 0 atom stereocenters. The first-order chi connectivity index (χ1) is 9.60. The second-order valence-electron chi connectivity index (χ2n) is 5.06. The standard InChI is InChI=1S/C13H14N4O3/c14-13(7-3-4-8-13)12-15-11(16-20-12)9-5-1-2-6-10(9)17(18)19/h1-2,5-6H,3-4,7-8,14H2. The molecule has 1 saturated carbocycles. The Balaban J connectivity index is 2.00. The van der Waals surface area contributed by atoms with Crippen LogP contribution in [0.2, 0.25) is 0 Å². The summed E-state index contributed by atoms with van der Waals surface area (Å²) in [4.78, 5) is 14.8. The number of nitro groups is 1. The quantitative estimate of drug-likeness (QED) is 0.679. The van der Waals surface area contributed by atoms with Crippen LogP contribution in [0.3, 0.4) is 0 Å². The third-order valence-electron chi connectivity index (χ3n) is 3.69. The van der Waals surface area contributed by atoms with Gasteiger partial charge in [0.25, 0.3) is 5.69 Å². The van der Waals surface area contributed by atoms with Crippen molar-refractivity contribution in [1.82, 2.24) is 10.1 Å². The van der Waals surface area contributed by atoms with Crippen LogP contribution in [0.15, 0.2) is 28.8 Å². The average Bonchev–Trinajstić information content (AvgIpc) is 3.08. The molecule has 7 heteroatoms. The predicted molar refractivity (Wildman–Crippen MR) is 70.7 cm³/mol. The fourth-order valence-corrected chi connectivity index (χ4v) is 2.58. The summed E-state index contributed by atoms with van der Waals surface area (Å²) in [6, 6.07) is 6.32. The highest BCUT2D eigenvalue weighted by Gasteiger charge is 2.37. The van der Waals surface area contributed by atoms with Gasteiger partial charge in [0, 0.05) is 6.07 Å². The van der Waals surface area contributed by atoms with E-state index >= 15 is 0 Å². The molecule has 1 aliphatic rings. The van der Waals surface area contributed by atoms with Gasteiger partial charge in [-0.1, -0.05) is 30.1 Å². The fraction of sp³-hybridized carbons (Fsp3) is 0.385. The number of hydrogen-bond acceptors (Lipinski definition) is 6. The van der Waals surface area contributed by atoms with Crippen molar-refractivity contribution in [1.29, 1.82) is 0 Å². The van der Waals surface area contributed by atoms with E-state index in [1.54, 1.807) is 18.2 Å². The van der Waals surface area contributed by atoms with Crippen molar-refractivity contribution in [2.24, 2.45) is 5.73 Å². The molecule has 0 unspecified atom stereocenters. The van der Waals surface area contributed by atoms with Crippen LogP contribution in [0.5, 0.6) is 0 Å². The highest BCUT2D eigenvalue weighted by Crippen LogP contribution is 2.36. The maximum atomic E-state index is 11.0. The van der Waals surface area contributed by atoms with Gasteiger partial charge in [-0.2, -0.15) is 4.98 Å². The number of hydrogen-bond donors (Lipinski definition) is 1. The highest BCUT2D eigenvalue weighted by molar-refractivity contribution is 5.67. The van der Waals surface area contributed by atoms with Crippen molar-refractivity contribution in [3.05, 3.63) is 40.3 Å². The Morgan fingerprint density at radius 3 is 2.70 bits per heavy atom. The number of rotatable bonds is 3. The van der Waals surface area contributed by atoms with E-state index in [0.29, 0.717) is 11.5 Å². The molecule has 3 rings (SSSR count). The lowest BCUT2D eigenvalue weighted by Gasteiger charge is -2.17. The molecule has 0 bridgehead atoms. The highest BCUT2D eigenvalue weighted by atomic mass is 16.6. The molecular formula is C13H14N4O3. The van der Waals surface area contributed by atoms with Crippen molar-refractivity contribution in [2.75, 3.05) is 0 Å². The van der Waals surface area contributed by atoms with Gasteiger partial charge in [0.2, 0.25) is 11.7 Å². The SMILES string of the molecule is NC1(c2nc(-c3ccccc3[N+](=O)[O-])no2)CCCC1. The molecule has 0 aliphatic heterocycles. The van der Waals surface area contributed by atoms with Crippen molar-refractivity contribution in [2.45, 2.75) is 31.2 Å². The minimum absolute atomic E-state index is 0.0441. The Morgan fingerprint density at radius 2 is 2.00 bits per heavy atom. The minimum Gasteiger partial charge on any atom is -0.337 e. The second kappa shape index (κ2) is 4.68. The summed E-state index contributed by atoms with van der Waals surface area (Å²) in [5.41, 5.74) is 5.95. The molecule has 2 aromatic rings. The Kier molecular flexibility index (Phi) is 2.98. The molecule has 20 heavy (non-hydrogen) atoms. The topological polar surface area (TPSA) is 108 Å². The molecule has 0 radical (unpaired) electrons. The van der Waals surface area contributed by atoms with E-state index in [-0.39, 0.29) is 11.5 Å². The van der Waals surface area contributed by atoms with E-state index in [1.165, 1.54) is 6.07 Å². The molecule has 0 spiro atoms. The molecule has 1 heterocycles. The lowest BCUT2D eigenvalue weighted by Crippen LogP contribution is -2.33. The molecule has 7 nitrogen and oxygen atoms in total. The van der Waals surface area contributed by atoms with Crippen molar-refractivity contribution in [3.63, 3.8) is 0 Å². The molecule has 0 saturated heterocycles. The van der Waals surface area contributed by atoms with Crippen molar-refractivity contribution >= 4 is 5.69 Å². The lowest BCUT2D eigenvalue weighted by molar-refractivity contribution is -0.384. The van der Waals surface area contributed by atoms with Gasteiger partial charge in [-0.15, -0.1) is 0 Å². The van der Waals surface area contributed by atoms with Crippen LogP contribution < -0.4 is 5.73 Å². The van der Waals surface area contributed by atoms with Gasteiger partial charge >= 0.3 is 0 Å². The number of aromatic nitrogens is 2. The third kappa shape index (κ3) is 2.05. The van der Waals surface area contributed by atoms with E-state index in [4.69, 9.17) is 10.3 Å². The van der Waals surface area contributed by atoms with Gasteiger partial charge in [-0.25, -0.2) is 0 Å². The lowest BCUT2D eigenvalue weighted by atomic mass is 9.99. The molecule has 104 valence electrons. The third-order valence-corrected chi connectivity index (χ3v) is 3.69. The van der Waals surface area contributed by atoms with Crippen LogP contribution in [-0.4, -0.2) is 15.1 Å². The zero-order valence-corrected chi connectivity index (χ0v) is 10.8. The monoisotopic (exact) mass is 274 g/mol. The molecule has 1 aromatic heterocycles. The Hall–Kier alpha value is -2.28. The van der Waals surface area contributed by atoms with Gasteiger partial charge in [0.1, 0.15) is 5.56 Å². The number of nitrogens with two attached hydrogens (primary N) is 1. The number of benzene rings is 1. The zero-order chi connectivity index (χ0) is 14.2. The van der Waals surface area contributed by atoms with Gasteiger partial charge < -0.3 is 10.3 Å². The Bertz CT molecular complexity index is 647. The maximum Gasteiger partial charge on any atom is 0.280 e. The summed E-state index contributed by atoms with van der Waals surface area (Å²) in [5, 5.41) is 14.9. The smallest absolute Gasteiger partial charge is 0.280 e. The first kappa shape index (κ1) is 12.7. The van der Waals surface area contributed by atoms with Gasteiger partial charge in [0.15, 0.2) is 0 Å². The first-order valence-electron chi connectivity index (χ1n) is 6.47. The Morgan fingerprint density at radius 1 is 1.30 bits per heavy atom. The van der Waals surface area contributed by atoms with Crippen molar-refractivity contribution < 1.29 is 9.45 Å².